The molecule has 0 radical (unpaired) electrons. The van der Waals surface area contributed by atoms with Crippen molar-refractivity contribution >= 4 is 29.1 Å². The molecule has 0 bridgehead atoms. The predicted octanol–water partition coefficient (Wildman–Crippen LogP) is 4.58. The van der Waals surface area contributed by atoms with Crippen molar-refractivity contribution in [2.45, 2.75) is 26.3 Å². The first-order valence-corrected chi connectivity index (χ1v) is 10.2. The Kier molecular flexibility index (Phi) is 6.67. The zero-order valence-corrected chi connectivity index (χ0v) is 17.9. The number of carbonyl (C=O) groups is 2. The van der Waals surface area contributed by atoms with Crippen LogP contribution in [0.4, 0.5) is 0 Å². The number of ketones is 1. The number of ether oxygens (including phenoxy) is 2. The van der Waals surface area contributed by atoms with Gasteiger partial charge in [0.05, 0.1) is 30.4 Å². The van der Waals surface area contributed by atoms with E-state index in [-0.39, 0.29) is 21.9 Å². The third-order valence-electron chi connectivity index (χ3n) is 4.92. The molecule has 6 nitrogen and oxygen atoms in total. The normalized spacial score (nSPS) is 18.0. The highest BCUT2D eigenvalue weighted by atomic mass is 35.5. The van der Waals surface area contributed by atoms with Crippen molar-refractivity contribution < 1.29 is 24.2 Å². The lowest BCUT2D eigenvalue weighted by atomic mass is 9.95. The Labute approximate surface area is 180 Å². The van der Waals surface area contributed by atoms with Gasteiger partial charge in [-0.2, -0.15) is 0 Å². The second-order valence-electron chi connectivity index (χ2n) is 6.84. The number of likely N-dealkylation sites (tertiary alicyclic amines) is 1. The Hall–Kier alpha value is -2.99. The van der Waals surface area contributed by atoms with Crippen LogP contribution < -0.4 is 9.47 Å². The molecule has 1 saturated heterocycles. The van der Waals surface area contributed by atoms with Gasteiger partial charge in [-0.05, 0) is 49.2 Å². The highest BCUT2D eigenvalue weighted by Gasteiger charge is 2.46. The van der Waals surface area contributed by atoms with Crippen LogP contribution in [0.25, 0.3) is 5.76 Å². The standard InChI is InChI=1S/C23H24ClNO5/c1-4-11-25-20(14-7-6-8-16(12-14)30-5-2)19(22(27)23(25)28)21(26)17-13-15(29-3)9-10-18(17)24/h6-10,12-13,20,26H,4-5,11H2,1-3H3/b21-19+. The van der Waals surface area contributed by atoms with Crippen molar-refractivity contribution in [2.75, 3.05) is 20.3 Å². The fraction of sp³-hybridized carbons (Fsp3) is 0.304. The highest BCUT2D eigenvalue weighted by molar-refractivity contribution is 6.47. The first kappa shape index (κ1) is 21.7. The second-order valence-corrected chi connectivity index (χ2v) is 7.25. The van der Waals surface area contributed by atoms with Crippen molar-refractivity contribution in [3.63, 3.8) is 0 Å². The molecule has 2 aromatic rings. The summed E-state index contributed by atoms with van der Waals surface area (Å²) in [7, 11) is 1.49. The average molecular weight is 430 g/mol. The molecule has 1 atom stereocenters. The van der Waals surface area contributed by atoms with Crippen LogP contribution in [-0.4, -0.2) is 42.0 Å². The van der Waals surface area contributed by atoms with E-state index in [0.29, 0.717) is 36.6 Å². The summed E-state index contributed by atoms with van der Waals surface area (Å²) in [6.07, 6.45) is 0.661. The van der Waals surface area contributed by atoms with Gasteiger partial charge in [0, 0.05) is 12.1 Å². The van der Waals surface area contributed by atoms with Crippen LogP contribution >= 0.6 is 11.6 Å². The number of benzene rings is 2. The van der Waals surface area contributed by atoms with Gasteiger partial charge in [-0.3, -0.25) is 9.59 Å². The number of Topliss-reactive ketones (excluding diaryl/α,β-unsaturated/α-hetero) is 1. The minimum atomic E-state index is -0.744. The van der Waals surface area contributed by atoms with Gasteiger partial charge in [0.25, 0.3) is 11.7 Å². The SMILES string of the molecule is CCCN1C(=O)C(=O)/C(=C(/O)c2cc(OC)ccc2Cl)C1c1cccc(OCC)c1. The van der Waals surface area contributed by atoms with Crippen molar-refractivity contribution in [3.05, 3.63) is 64.2 Å². The first-order chi connectivity index (χ1) is 14.4. The number of carbonyl (C=O) groups excluding carboxylic acids is 2. The van der Waals surface area contributed by atoms with Crippen molar-refractivity contribution in [3.8, 4) is 11.5 Å². The second kappa shape index (κ2) is 9.22. The molecule has 0 spiro atoms. The first-order valence-electron chi connectivity index (χ1n) is 9.78. The monoisotopic (exact) mass is 429 g/mol. The van der Waals surface area contributed by atoms with Crippen LogP contribution in [0.5, 0.6) is 11.5 Å². The molecule has 2 aromatic carbocycles. The molecule has 1 aliphatic heterocycles. The molecule has 1 aliphatic rings. The van der Waals surface area contributed by atoms with Crippen LogP contribution in [-0.2, 0) is 9.59 Å². The van der Waals surface area contributed by atoms with Gasteiger partial charge in [-0.25, -0.2) is 0 Å². The van der Waals surface area contributed by atoms with E-state index in [0.717, 1.165) is 0 Å². The third kappa shape index (κ3) is 4.00. The molecule has 3 rings (SSSR count). The van der Waals surface area contributed by atoms with Gasteiger partial charge in [-0.15, -0.1) is 0 Å². The van der Waals surface area contributed by atoms with Gasteiger partial charge in [0.2, 0.25) is 0 Å². The summed E-state index contributed by atoms with van der Waals surface area (Å²) in [5.41, 5.74) is 0.905. The molecule has 1 fully saturated rings. The topological polar surface area (TPSA) is 76.1 Å². The summed E-state index contributed by atoms with van der Waals surface area (Å²) in [6.45, 7) is 4.65. The van der Waals surface area contributed by atoms with Crippen molar-refractivity contribution in [2.24, 2.45) is 0 Å². The maximum absolute atomic E-state index is 13.0. The number of aliphatic hydroxyl groups is 1. The number of halogens is 1. The van der Waals surface area contributed by atoms with E-state index in [1.54, 1.807) is 36.4 Å². The lowest BCUT2D eigenvalue weighted by molar-refractivity contribution is -0.139. The molecule has 1 unspecified atom stereocenters. The van der Waals surface area contributed by atoms with E-state index >= 15 is 0 Å². The number of rotatable bonds is 7. The van der Waals surface area contributed by atoms with Crippen molar-refractivity contribution in [1.82, 2.24) is 4.90 Å². The number of nitrogens with zero attached hydrogens (tertiary/aromatic N) is 1. The Morgan fingerprint density at radius 1 is 1.13 bits per heavy atom. The molecular weight excluding hydrogens is 406 g/mol. The van der Waals surface area contributed by atoms with E-state index in [2.05, 4.69) is 0 Å². The van der Waals surface area contributed by atoms with Crippen molar-refractivity contribution in [1.29, 1.82) is 0 Å². The molecule has 1 amide bonds. The molecule has 1 heterocycles. The smallest absolute Gasteiger partial charge is 0.295 e. The summed E-state index contributed by atoms with van der Waals surface area (Å²) in [4.78, 5) is 27.2. The van der Waals surface area contributed by atoms with E-state index in [1.807, 2.05) is 19.9 Å². The van der Waals surface area contributed by atoms with Gasteiger partial charge in [0.1, 0.15) is 17.3 Å². The van der Waals surface area contributed by atoms with Gasteiger partial charge in [0.15, 0.2) is 0 Å². The quantitative estimate of drug-likeness (QED) is 0.396. The van der Waals surface area contributed by atoms with E-state index in [9.17, 15) is 14.7 Å². The van der Waals surface area contributed by atoms with E-state index in [1.165, 1.54) is 12.0 Å². The number of amides is 1. The molecule has 30 heavy (non-hydrogen) atoms. The molecule has 1 N–H and O–H groups in total. The van der Waals surface area contributed by atoms with Gasteiger partial charge >= 0.3 is 0 Å². The largest absolute Gasteiger partial charge is 0.507 e. The number of hydrogen-bond acceptors (Lipinski definition) is 5. The molecule has 158 valence electrons. The van der Waals surface area contributed by atoms with Crippen LogP contribution in [0.15, 0.2) is 48.0 Å². The van der Waals surface area contributed by atoms with Gasteiger partial charge < -0.3 is 19.5 Å². The fourth-order valence-electron chi connectivity index (χ4n) is 3.60. The molecule has 0 aromatic heterocycles. The summed E-state index contributed by atoms with van der Waals surface area (Å²) in [5, 5.41) is 11.4. The minimum absolute atomic E-state index is 0.00254. The van der Waals surface area contributed by atoms with E-state index < -0.39 is 17.7 Å². The maximum Gasteiger partial charge on any atom is 0.295 e. The third-order valence-corrected chi connectivity index (χ3v) is 5.25. The summed E-state index contributed by atoms with van der Waals surface area (Å²) >= 11 is 6.29. The molecule has 0 aliphatic carbocycles. The fourth-order valence-corrected chi connectivity index (χ4v) is 3.80. The van der Waals surface area contributed by atoms with Crippen LogP contribution in [0.2, 0.25) is 5.02 Å². The number of hydrogen-bond donors (Lipinski definition) is 1. The minimum Gasteiger partial charge on any atom is -0.507 e. The Morgan fingerprint density at radius 3 is 2.57 bits per heavy atom. The molecular formula is C23H24ClNO5. The maximum atomic E-state index is 13.0. The summed E-state index contributed by atoms with van der Waals surface area (Å²) < 4.78 is 10.8. The van der Waals surface area contributed by atoms with Crippen LogP contribution in [0.1, 0.15) is 37.4 Å². The Balaban J connectivity index is 2.22. The number of aliphatic hydroxyl groups excluding tert-OH is 1. The lowest BCUT2D eigenvalue weighted by Gasteiger charge is -2.25. The van der Waals surface area contributed by atoms with Gasteiger partial charge in [-0.1, -0.05) is 30.7 Å². The summed E-state index contributed by atoms with van der Waals surface area (Å²) in [5.74, 6) is -0.631. The van der Waals surface area contributed by atoms with E-state index in [4.69, 9.17) is 21.1 Å². The predicted molar refractivity (Wildman–Crippen MR) is 115 cm³/mol. The lowest BCUT2D eigenvalue weighted by Crippen LogP contribution is -2.30. The summed E-state index contributed by atoms with van der Waals surface area (Å²) in [6, 6.07) is 11.2. The highest BCUT2D eigenvalue weighted by Crippen LogP contribution is 2.41. The molecule has 0 saturated carbocycles. The Bertz CT molecular complexity index is 1000. The average Bonchev–Trinajstić information content (AvgIpc) is 2.99. The zero-order chi connectivity index (χ0) is 21.8. The Morgan fingerprint density at radius 2 is 1.90 bits per heavy atom. The van der Waals surface area contributed by atoms with Crippen LogP contribution in [0.3, 0.4) is 0 Å². The molecule has 7 heteroatoms. The zero-order valence-electron chi connectivity index (χ0n) is 17.1. The van der Waals surface area contributed by atoms with Crippen LogP contribution in [0, 0.1) is 0 Å². The number of methoxy groups -OCH3 is 1.